The summed E-state index contributed by atoms with van der Waals surface area (Å²) in [6.45, 7) is 21.3. The molecule has 0 amide bonds. The molecule has 0 spiro atoms. The zero-order valence-corrected chi connectivity index (χ0v) is 18.9. The first-order valence-corrected chi connectivity index (χ1v) is 9.67. The maximum Gasteiger partial charge on any atom is 0.119 e. The van der Waals surface area contributed by atoms with Gasteiger partial charge in [0.2, 0.25) is 0 Å². The predicted octanol–water partition coefficient (Wildman–Crippen LogP) is 6.99. The van der Waals surface area contributed by atoms with Gasteiger partial charge in [-0.3, -0.25) is 0 Å². The summed E-state index contributed by atoms with van der Waals surface area (Å²) in [5, 5.41) is 19.4. The summed E-state index contributed by atoms with van der Waals surface area (Å²) >= 11 is 0. The molecule has 2 rings (SSSR count). The summed E-state index contributed by atoms with van der Waals surface area (Å²) < 4.78 is 0. The first-order valence-electron chi connectivity index (χ1n) is 9.67. The first kappa shape index (κ1) is 23.1. The molecule has 2 aromatic rings. The molecule has 0 heterocycles. The fourth-order valence-corrected chi connectivity index (χ4v) is 2.85. The Balaban J connectivity index is 0.000000277. The minimum absolute atomic E-state index is 0.00859. The zero-order valence-electron chi connectivity index (χ0n) is 18.9. The molecule has 0 aliphatic heterocycles. The van der Waals surface area contributed by atoms with E-state index in [1.807, 2.05) is 25.1 Å². The molecule has 2 heteroatoms. The van der Waals surface area contributed by atoms with Crippen LogP contribution in [0.1, 0.15) is 84.6 Å². The maximum absolute atomic E-state index is 9.84. The lowest BCUT2D eigenvalue weighted by Gasteiger charge is -2.25. The van der Waals surface area contributed by atoms with Crippen LogP contribution >= 0.6 is 0 Å². The van der Waals surface area contributed by atoms with Crippen molar-refractivity contribution < 1.29 is 10.2 Å². The molecule has 0 unspecified atom stereocenters. The van der Waals surface area contributed by atoms with Crippen LogP contribution in [-0.4, -0.2) is 10.2 Å². The van der Waals surface area contributed by atoms with Gasteiger partial charge >= 0.3 is 0 Å². The summed E-state index contributed by atoms with van der Waals surface area (Å²) in [5.41, 5.74) is 4.65. The van der Waals surface area contributed by atoms with Crippen LogP contribution in [0, 0.1) is 6.92 Å². The third-order valence-corrected chi connectivity index (χ3v) is 4.63. The van der Waals surface area contributed by atoms with E-state index in [0.29, 0.717) is 11.5 Å². The normalized spacial score (nSPS) is 12.4. The van der Waals surface area contributed by atoms with Crippen molar-refractivity contribution in [2.24, 2.45) is 0 Å². The Bertz CT molecular complexity index is 766. The second-order valence-corrected chi connectivity index (χ2v) is 10.5. The molecule has 0 bridgehead atoms. The van der Waals surface area contributed by atoms with E-state index in [1.54, 1.807) is 12.1 Å². The summed E-state index contributed by atoms with van der Waals surface area (Å²) in [5.74, 6) is 0.795. The molecule has 0 aliphatic rings. The fourth-order valence-electron chi connectivity index (χ4n) is 2.85. The summed E-state index contributed by atoms with van der Waals surface area (Å²) in [6, 6.07) is 11.6. The molecule has 2 aromatic carbocycles. The molecule has 2 nitrogen and oxygen atoms in total. The van der Waals surface area contributed by atoms with Gasteiger partial charge in [0.1, 0.15) is 11.5 Å². The topological polar surface area (TPSA) is 40.5 Å². The Morgan fingerprint density at radius 3 is 1.33 bits per heavy atom. The number of phenols is 2. The summed E-state index contributed by atoms with van der Waals surface area (Å²) in [4.78, 5) is 0. The van der Waals surface area contributed by atoms with Gasteiger partial charge in [-0.1, -0.05) is 92.1 Å². The van der Waals surface area contributed by atoms with E-state index >= 15 is 0 Å². The van der Waals surface area contributed by atoms with Gasteiger partial charge < -0.3 is 10.2 Å². The van der Waals surface area contributed by atoms with Gasteiger partial charge in [0.25, 0.3) is 0 Å². The number of hydrogen-bond donors (Lipinski definition) is 2. The predicted molar refractivity (Wildman–Crippen MR) is 117 cm³/mol. The van der Waals surface area contributed by atoms with Crippen LogP contribution in [0.5, 0.6) is 11.5 Å². The highest BCUT2D eigenvalue weighted by Gasteiger charge is 2.22. The van der Waals surface area contributed by atoms with Gasteiger partial charge in [-0.2, -0.15) is 0 Å². The van der Waals surface area contributed by atoms with Crippen molar-refractivity contribution >= 4 is 0 Å². The van der Waals surface area contributed by atoms with Gasteiger partial charge in [-0.15, -0.1) is 0 Å². The van der Waals surface area contributed by atoms with Crippen LogP contribution in [0.3, 0.4) is 0 Å². The van der Waals surface area contributed by atoms with Crippen LogP contribution in [0.4, 0.5) is 0 Å². The van der Waals surface area contributed by atoms with Crippen LogP contribution < -0.4 is 0 Å². The molecular weight excluding hydrogens is 332 g/mol. The number of aryl methyl sites for hydroxylation is 1. The quantitative estimate of drug-likeness (QED) is 0.525. The molecule has 0 fully saturated rings. The van der Waals surface area contributed by atoms with Crippen molar-refractivity contribution in [1.29, 1.82) is 0 Å². The highest BCUT2D eigenvalue weighted by molar-refractivity contribution is 5.42. The Morgan fingerprint density at radius 2 is 0.963 bits per heavy atom. The maximum atomic E-state index is 9.84. The van der Waals surface area contributed by atoms with Crippen LogP contribution in [0.25, 0.3) is 0 Å². The SMILES string of the molecule is CC(C)(C)c1ccc(O)c(C(C)(C)C)c1.Cc1ccc(O)c(C(C)(C)C)c1. The zero-order chi connectivity index (χ0) is 21.2. The molecule has 0 aromatic heterocycles. The van der Waals surface area contributed by atoms with Crippen molar-refractivity contribution in [3.05, 3.63) is 58.7 Å². The summed E-state index contributed by atoms with van der Waals surface area (Å²) in [7, 11) is 0. The van der Waals surface area contributed by atoms with Gasteiger partial charge in [0, 0.05) is 0 Å². The molecule has 0 saturated carbocycles. The average molecular weight is 371 g/mol. The Kier molecular flexibility index (Phi) is 6.80. The summed E-state index contributed by atoms with van der Waals surface area (Å²) in [6.07, 6.45) is 0. The van der Waals surface area contributed by atoms with Crippen LogP contribution in [0.2, 0.25) is 0 Å². The van der Waals surface area contributed by atoms with E-state index in [-0.39, 0.29) is 16.2 Å². The van der Waals surface area contributed by atoms with Gasteiger partial charge in [0.05, 0.1) is 0 Å². The number of benzene rings is 2. The first-order chi connectivity index (χ1) is 12.0. The van der Waals surface area contributed by atoms with Crippen molar-refractivity contribution in [3.63, 3.8) is 0 Å². The van der Waals surface area contributed by atoms with Crippen LogP contribution in [0.15, 0.2) is 36.4 Å². The largest absolute Gasteiger partial charge is 0.508 e. The standard InChI is InChI=1S/C14H22O.C11H16O/c1-13(2,3)10-7-8-12(15)11(9-10)14(4,5)6;1-8-5-6-10(12)9(7-8)11(2,3)4/h7-9,15H,1-6H3;5-7,12H,1-4H3. The average Bonchev–Trinajstić information content (AvgIpc) is 2.47. The third-order valence-electron chi connectivity index (χ3n) is 4.63. The Labute approximate surface area is 166 Å². The molecule has 0 atom stereocenters. The smallest absolute Gasteiger partial charge is 0.119 e. The van der Waals surface area contributed by atoms with Gasteiger partial charge in [-0.25, -0.2) is 0 Å². The molecule has 150 valence electrons. The van der Waals surface area contributed by atoms with E-state index in [4.69, 9.17) is 0 Å². The molecule has 27 heavy (non-hydrogen) atoms. The van der Waals surface area contributed by atoms with Gasteiger partial charge in [0.15, 0.2) is 0 Å². The van der Waals surface area contributed by atoms with E-state index in [0.717, 1.165) is 11.1 Å². The lowest BCUT2D eigenvalue weighted by molar-refractivity contribution is 0.444. The Morgan fingerprint density at radius 1 is 0.556 bits per heavy atom. The lowest BCUT2D eigenvalue weighted by atomic mass is 9.80. The molecule has 0 radical (unpaired) electrons. The fraction of sp³-hybridized carbons (Fsp3) is 0.520. The third kappa shape index (κ3) is 6.61. The van der Waals surface area contributed by atoms with E-state index in [2.05, 4.69) is 68.4 Å². The lowest BCUT2D eigenvalue weighted by Crippen LogP contribution is -2.16. The molecule has 0 aliphatic carbocycles. The minimum Gasteiger partial charge on any atom is -0.508 e. The second kappa shape index (κ2) is 7.96. The van der Waals surface area contributed by atoms with Crippen molar-refractivity contribution in [2.75, 3.05) is 0 Å². The number of aromatic hydroxyl groups is 2. The van der Waals surface area contributed by atoms with Crippen molar-refractivity contribution in [3.8, 4) is 11.5 Å². The van der Waals surface area contributed by atoms with E-state index in [9.17, 15) is 10.2 Å². The van der Waals surface area contributed by atoms with Crippen molar-refractivity contribution in [1.82, 2.24) is 0 Å². The Hall–Kier alpha value is -1.96. The number of rotatable bonds is 0. The highest BCUT2D eigenvalue weighted by atomic mass is 16.3. The van der Waals surface area contributed by atoms with Crippen molar-refractivity contribution in [2.45, 2.75) is 85.5 Å². The molecule has 2 N–H and O–H groups in total. The number of phenolic OH excluding ortho intramolecular Hbond substituents is 2. The second-order valence-electron chi connectivity index (χ2n) is 10.5. The number of hydrogen-bond acceptors (Lipinski definition) is 2. The molecular formula is C25H38O2. The molecule has 0 saturated heterocycles. The highest BCUT2D eigenvalue weighted by Crippen LogP contribution is 2.34. The van der Waals surface area contributed by atoms with Crippen LogP contribution in [-0.2, 0) is 16.2 Å². The van der Waals surface area contributed by atoms with E-state index in [1.165, 1.54) is 11.1 Å². The minimum atomic E-state index is -0.00859. The monoisotopic (exact) mass is 370 g/mol. The van der Waals surface area contributed by atoms with E-state index < -0.39 is 0 Å². The van der Waals surface area contributed by atoms with Gasteiger partial charge in [-0.05, 0) is 52.0 Å².